The van der Waals surface area contributed by atoms with E-state index in [4.69, 9.17) is 0 Å². The number of nitrogens with one attached hydrogen (secondary N) is 1. The van der Waals surface area contributed by atoms with Gasteiger partial charge in [-0.15, -0.1) is 0 Å². The molecule has 1 aromatic heterocycles. The summed E-state index contributed by atoms with van der Waals surface area (Å²) in [6, 6.07) is 10.1. The standard InChI is InChI=1S/C17H21N3O/c1-12(2)16-19-11-15(13(3)20-16)17(21)18-10-9-14-7-5-4-6-8-14/h4-8,11-12H,9-10H2,1-3H3,(H,18,21). The molecule has 1 amide bonds. The van der Waals surface area contributed by atoms with Gasteiger partial charge < -0.3 is 5.32 Å². The number of hydrogen-bond donors (Lipinski definition) is 1. The van der Waals surface area contributed by atoms with E-state index in [0.717, 1.165) is 17.9 Å². The minimum Gasteiger partial charge on any atom is -0.352 e. The molecule has 0 fully saturated rings. The lowest BCUT2D eigenvalue weighted by molar-refractivity contribution is 0.0952. The molecule has 2 aromatic rings. The van der Waals surface area contributed by atoms with Crippen LogP contribution in [0, 0.1) is 6.92 Å². The van der Waals surface area contributed by atoms with Crippen LogP contribution in [0.2, 0.25) is 0 Å². The molecule has 0 aliphatic carbocycles. The van der Waals surface area contributed by atoms with E-state index in [9.17, 15) is 4.79 Å². The Morgan fingerprint density at radius 3 is 2.57 bits per heavy atom. The van der Waals surface area contributed by atoms with E-state index >= 15 is 0 Å². The summed E-state index contributed by atoms with van der Waals surface area (Å²) in [6.45, 7) is 6.52. The van der Waals surface area contributed by atoms with Gasteiger partial charge in [0, 0.05) is 18.7 Å². The lowest BCUT2D eigenvalue weighted by Gasteiger charge is -2.09. The van der Waals surface area contributed by atoms with Gasteiger partial charge in [0.2, 0.25) is 0 Å². The van der Waals surface area contributed by atoms with Crippen molar-refractivity contribution in [1.82, 2.24) is 15.3 Å². The zero-order chi connectivity index (χ0) is 15.2. The lowest BCUT2D eigenvalue weighted by Crippen LogP contribution is -2.27. The Bertz CT molecular complexity index is 609. The molecular formula is C17H21N3O. The second-order valence-corrected chi connectivity index (χ2v) is 5.37. The van der Waals surface area contributed by atoms with E-state index in [1.165, 1.54) is 5.56 Å². The molecule has 4 nitrogen and oxygen atoms in total. The largest absolute Gasteiger partial charge is 0.352 e. The topological polar surface area (TPSA) is 54.9 Å². The number of aryl methyl sites for hydroxylation is 1. The second-order valence-electron chi connectivity index (χ2n) is 5.37. The van der Waals surface area contributed by atoms with Crippen LogP contribution in [0.1, 0.15) is 47.2 Å². The van der Waals surface area contributed by atoms with Crippen molar-refractivity contribution < 1.29 is 4.79 Å². The molecule has 0 bridgehead atoms. The summed E-state index contributed by atoms with van der Waals surface area (Å²) < 4.78 is 0. The van der Waals surface area contributed by atoms with Gasteiger partial charge in [-0.2, -0.15) is 0 Å². The number of amides is 1. The van der Waals surface area contributed by atoms with E-state index in [-0.39, 0.29) is 11.8 Å². The van der Waals surface area contributed by atoms with Crippen LogP contribution in [0.5, 0.6) is 0 Å². The molecule has 0 saturated carbocycles. The summed E-state index contributed by atoms with van der Waals surface area (Å²) in [7, 11) is 0. The maximum absolute atomic E-state index is 12.1. The molecular weight excluding hydrogens is 262 g/mol. The first kappa shape index (κ1) is 15.2. The van der Waals surface area contributed by atoms with E-state index in [1.807, 2.05) is 39.0 Å². The monoisotopic (exact) mass is 283 g/mol. The van der Waals surface area contributed by atoms with Gasteiger partial charge in [-0.3, -0.25) is 4.79 Å². The zero-order valence-corrected chi connectivity index (χ0v) is 12.8. The first-order chi connectivity index (χ1) is 10.1. The molecule has 4 heteroatoms. The zero-order valence-electron chi connectivity index (χ0n) is 12.8. The molecule has 0 aliphatic rings. The van der Waals surface area contributed by atoms with Crippen molar-refractivity contribution in [3.05, 3.63) is 59.2 Å². The van der Waals surface area contributed by atoms with Gasteiger partial charge in [0.1, 0.15) is 5.82 Å². The maximum atomic E-state index is 12.1. The lowest BCUT2D eigenvalue weighted by atomic mass is 10.1. The highest BCUT2D eigenvalue weighted by atomic mass is 16.1. The molecule has 110 valence electrons. The van der Waals surface area contributed by atoms with Crippen LogP contribution >= 0.6 is 0 Å². The quantitative estimate of drug-likeness (QED) is 0.918. The van der Waals surface area contributed by atoms with Crippen LogP contribution in [-0.2, 0) is 6.42 Å². The van der Waals surface area contributed by atoms with E-state index < -0.39 is 0 Å². The molecule has 0 unspecified atom stereocenters. The van der Waals surface area contributed by atoms with Crippen LogP contribution in [0.15, 0.2) is 36.5 Å². The molecule has 2 rings (SSSR count). The number of nitrogens with zero attached hydrogens (tertiary/aromatic N) is 2. The van der Waals surface area contributed by atoms with Gasteiger partial charge in [-0.05, 0) is 18.9 Å². The number of carbonyl (C=O) groups is 1. The summed E-state index contributed by atoms with van der Waals surface area (Å²) in [5.74, 6) is 0.922. The molecule has 0 saturated heterocycles. The first-order valence-corrected chi connectivity index (χ1v) is 7.23. The Morgan fingerprint density at radius 1 is 1.24 bits per heavy atom. The van der Waals surface area contributed by atoms with Crippen LogP contribution in [0.3, 0.4) is 0 Å². The average molecular weight is 283 g/mol. The van der Waals surface area contributed by atoms with Gasteiger partial charge in [0.15, 0.2) is 0 Å². The molecule has 0 atom stereocenters. The highest BCUT2D eigenvalue weighted by Crippen LogP contribution is 2.11. The third kappa shape index (κ3) is 4.12. The normalized spacial score (nSPS) is 10.7. The predicted molar refractivity (Wildman–Crippen MR) is 83.3 cm³/mol. The predicted octanol–water partition coefficient (Wildman–Crippen LogP) is 2.88. The fourth-order valence-corrected chi connectivity index (χ4v) is 2.05. The maximum Gasteiger partial charge on any atom is 0.254 e. The van der Waals surface area contributed by atoms with Gasteiger partial charge in [-0.1, -0.05) is 44.2 Å². The van der Waals surface area contributed by atoms with Gasteiger partial charge >= 0.3 is 0 Å². The van der Waals surface area contributed by atoms with E-state index in [0.29, 0.717) is 12.1 Å². The number of hydrogen-bond acceptors (Lipinski definition) is 3. The number of benzene rings is 1. The minimum atomic E-state index is -0.112. The van der Waals surface area contributed by atoms with E-state index in [1.54, 1.807) is 6.20 Å². The van der Waals surface area contributed by atoms with Crippen molar-refractivity contribution in [2.24, 2.45) is 0 Å². The van der Waals surface area contributed by atoms with Crippen LogP contribution in [-0.4, -0.2) is 22.4 Å². The van der Waals surface area contributed by atoms with Crippen molar-refractivity contribution in [3.8, 4) is 0 Å². The molecule has 1 heterocycles. The van der Waals surface area contributed by atoms with E-state index in [2.05, 4.69) is 27.4 Å². The summed E-state index contributed by atoms with van der Waals surface area (Å²) in [4.78, 5) is 20.8. The Morgan fingerprint density at radius 2 is 1.95 bits per heavy atom. The third-order valence-corrected chi connectivity index (χ3v) is 3.30. The molecule has 1 aromatic carbocycles. The SMILES string of the molecule is Cc1nc(C(C)C)ncc1C(=O)NCCc1ccccc1. The molecule has 0 radical (unpaired) electrons. The third-order valence-electron chi connectivity index (χ3n) is 3.30. The van der Waals surface area contributed by atoms with Gasteiger partial charge in [-0.25, -0.2) is 9.97 Å². The van der Waals surface area contributed by atoms with Crippen LogP contribution in [0.25, 0.3) is 0 Å². The minimum absolute atomic E-state index is 0.112. The average Bonchev–Trinajstić information content (AvgIpc) is 2.48. The van der Waals surface area contributed by atoms with Gasteiger partial charge in [0.25, 0.3) is 5.91 Å². The summed E-state index contributed by atoms with van der Waals surface area (Å²) >= 11 is 0. The van der Waals surface area contributed by atoms with Crippen molar-refractivity contribution in [2.75, 3.05) is 6.54 Å². The van der Waals surface area contributed by atoms with Crippen molar-refractivity contribution in [1.29, 1.82) is 0 Å². The highest BCUT2D eigenvalue weighted by Gasteiger charge is 2.12. The Labute approximate surface area is 125 Å². The molecule has 0 spiro atoms. The highest BCUT2D eigenvalue weighted by molar-refractivity contribution is 5.94. The van der Waals surface area contributed by atoms with Crippen LogP contribution in [0.4, 0.5) is 0 Å². The second kappa shape index (κ2) is 6.97. The summed E-state index contributed by atoms with van der Waals surface area (Å²) in [5.41, 5.74) is 2.49. The molecule has 0 aliphatic heterocycles. The first-order valence-electron chi connectivity index (χ1n) is 7.23. The number of rotatable bonds is 5. The van der Waals surface area contributed by atoms with Crippen molar-refractivity contribution in [3.63, 3.8) is 0 Å². The van der Waals surface area contributed by atoms with Gasteiger partial charge in [0.05, 0.1) is 11.3 Å². The fourth-order valence-electron chi connectivity index (χ4n) is 2.05. The molecule has 21 heavy (non-hydrogen) atoms. The fraction of sp³-hybridized carbons (Fsp3) is 0.353. The number of carbonyl (C=O) groups excluding carboxylic acids is 1. The Hall–Kier alpha value is -2.23. The number of aromatic nitrogens is 2. The smallest absolute Gasteiger partial charge is 0.254 e. The Kier molecular flexibility index (Phi) is 5.04. The van der Waals surface area contributed by atoms with Crippen LogP contribution < -0.4 is 5.32 Å². The Balaban J connectivity index is 1.94. The molecule has 1 N–H and O–H groups in total. The summed E-state index contributed by atoms with van der Waals surface area (Å²) in [5, 5.41) is 2.92. The van der Waals surface area contributed by atoms with Crippen molar-refractivity contribution in [2.45, 2.75) is 33.1 Å². The summed E-state index contributed by atoms with van der Waals surface area (Å²) in [6.07, 6.45) is 2.44. The van der Waals surface area contributed by atoms with Crippen molar-refractivity contribution >= 4 is 5.91 Å².